The van der Waals surface area contributed by atoms with Gasteiger partial charge < -0.3 is 9.47 Å². The van der Waals surface area contributed by atoms with Crippen molar-refractivity contribution in [3.8, 4) is 0 Å². The fourth-order valence-electron chi connectivity index (χ4n) is 3.54. The van der Waals surface area contributed by atoms with Crippen molar-refractivity contribution in [2.75, 3.05) is 0 Å². The van der Waals surface area contributed by atoms with E-state index in [1.807, 2.05) is 51.1 Å². The molecule has 1 saturated heterocycles. The molecule has 112 valence electrons. The van der Waals surface area contributed by atoms with Crippen molar-refractivity contribution in [2.24, 2.45) is 10.8 Å². The minimum atomic E-state index is -1.13. The minimum Gasteiger partial charge on any atom is -0.458 e. The molecule has 4 heteroatoms. The summed E-state index contributed by atoms with van der Waals surface area (Å²) in [5, 5.41) is 0. The molecule has 2 bridgehead atoms. The lowest BCUT2D eigenvalue weighted by atomic mass is 9.66. The molecule has 1 saturated carbocycles. The Hall–Kier alpha value is -1.84. The molecule has 0 amide bonds. The van der Waals surface area contributed by atoms with Crippen LogP contribution >= 0.6 is 0 Å². The average Bonchev–Trinajstić information content (AvgIpc) is 2.76. The van der Waals surface area contributed by atoms with Crippen LogP contribution in [0.25, 0.3) is 0 Å². The molecule has 4 nitrogen and oxygen atoms in total. The SMILES string of the molecule is CC12CCC(C(=O)OCc3ccccc3)(OC1=O)C2(C)C. The number of carbonyl (C=O) groups is 2. The van der Waals surface area contributed by atoms with Gasteiger partial charge in [-0.2, -0.15) is 0 Å². The standard InChI is InChI=1S/C17H20O4/c1-15(2)16(3)9-10-17(15,21-13(16)18)14(19)20-11-12-7-5-4-6-8-12/h4-8H,9-11H2,1-3H3. The maximum Gasteiger partial charge on any atom is 0.351 e. The van der Waals surface area contributed by atoms with Gasteiger partial charge in [0.2, 0.25) is 5.60 Å². The van der Waals surface area contributed by atoms with Crippen molar-refractivity contribution in [1.29, 1.82) is 0 Å². The molecule has 2 fully saturated rings. The summed E-state index contributed by atoms with van der Waals surface area (Å²) in [4.78, 5) is 24.7. The van der Waals surface area contributed by atoms with Crippen LogP contribution in [-0.4, -0.2) is 17.5 Å². The van der Waals surface area contributed by atoms with Gasteiger partial charge in [0, 0.05) is 5.41 Å². The number of benzene rings is 1. The van der Waals surface area contributed by atoms with E-state index in [0.717, 1.165) is 5.56 Å². The third kappa shape index (κ3) is 1.68. The van der Waals surface area contributed by atoms with Gasteiger partial charge in [0.05, 0.1) is 5.41 Å². The van der Waals surface area contributed by atoms with Gasteiger partial charge in [-0.05, 0) is 25.3 Å². The first-order valence-electron chi connectivity index (χ1n) is 7.28. The molecular weight excluding hydrogens is 268 g/mol. The highest BCUT2D eigenvalue weighted by Crippen LogP contribution is 2.65. The van der Waals surface area contributed by atoms with Crippen LogP contribution in [0.1, 0.15) is 39.2 Å². The predicted molar refractivity (Wildman–Crippen MR) is 76.2 cm³/mol. The van der Waals surface area contributed by atoms with E-state index in [1.165, 1.54) is 0 Å². The molecule has 1 aromatic rings. The quantitative estimate of drug-likeness (QED) is 0.803. The number of rotatable bonds is 3. The number of ether oxygens (including phenoxy) is 2. The van der Waals surface area contributed by atoms with Crippen molar-refractivity contribution in [2.45, 2.75) is 45.8 Å². The molecule has 2 atom stereocenters. The highest BCUT2D eigenvalue weighted by Gasteiger charge is 2.76. The van der Waals surface area contributed by atoms with Crippen LogP contribution in [0.2, 0.25) is 0 Å². The smallest absolute Gasteiger partial charge is 0.351 e. The van der Waals surface area contributed by atoms with Gasteiger partial charge in [-0.15, -0.1) is 0 Å². The summed E-state index contributed by atoms with van der Waals surface area (Å²) in [6, 6.07) is 9.50. The van der Waals surface area contributed by atoms with Crippen molar-refractivity contribution >= 4 is 11.9 Å². The zero-order valence-electron chi connectivity index (χ0n) is 12.6. The lowest BCUT2D eigenvalue weighted by Gasteiger charge is -2.34. The first-order chi connectivity index (χ1) is 9.83. The molecule has 0 spiro atoms. The Morgan fingerprint density at radius 1 is 1.19 bits per heavy atom. The van der Waals surface area contributed by atoms with E-state index in [1.54, 1.807) is 0 Å². The Bertz CT molecular complexity index is 592. The molecule has 1 aliphatic heterocycles. The van der Waals surface area contributed by atoms with Gasteiger partial charge in [0.15, 0.2) is 0 Å². The Morgan fingerprint density at radius 3 is 2.38 bits per heavy atom. The summed E-state index contributed by atoms with van der Waals surface area (Å²) >= 11 is 0. The highest BCUT2D eigenvalue weighted by atomic mass is 16.6. The Kier molecular flexibility index (Phi) is 2.91. The van der Waals surface area contributed by atoms with Crippen LogP contribution < -0.4 is 0 Å². The number of carbonyl (C=O) groups excluding carboxylic acids is 2. The molecule has 0 N–H and O–H groups in total. The Balaban J connectivity index is 1.80. The molecule has 1 aliphatic carbocycles. The van der Waals surface area contributed by atoms with Crippen molar-refractivity contribution in [1.82, 2.24) is 0 Å². The lowest BCUT2D eigenvalue weighted by Crippen LogP contribution is -2.48. The summed E-state index contributed by atoms with van der Waals surface area (Å²) in [5.74, 6) is -0.707. The van der Waals surface area contributed by atoms with Gasteiger partial charge in [-0.1, -0.05) is 44.2 Å². The monoisotopic (exact) mass is 288 g/mol. The summed E-state index contributed by atoms with van der Waals surface area (Å²) in [6.07, 6.45) is 1.20. The van der Waals surface area contributed by atoms with Crippen molar-refractivity contribution in [3.63, 3.8) is 0 Å². The number of hydrogen-bond donors (Lipinski definition) is 0. The molecular formula is C17H20O4. The van der Waals surface area contributed by atoms with Crippen LogP contribution in [0.3, 0.4) is 0 Å². The van der Waals surface area contributed by atoms with Gasteiger partial charge >= 0.3 is 11.9 Å². The molecule has 21 heavy (non-hydrogen) atoms. The maximum atomic E-state index is 12.6. The van der Waals surface area contributed by atoms with Gasteiger partial charge in [-0.3, -0.25) is 4.79 Å². The summed E-state index contributed by atoms with van der Waals surface area (Å²) in [6.45, 7) is 5.93. The van der Waals surface area contributed by atoms with Crippen molar-refractivity contribution < 1.29 is 19.1 Å². The maximum absolute atomic E-state index is 12.6. The topological polar surface area (TPSA) is 52.6 Å². The zero-order chi connectivity index (χ0) is 15.3. The normalized spacial score (nSPS) is 32.8. The molecule has 2 unspecified atom stereocenters. The second kappa shape index (κ2) is 4.33. The number of esters is 2. The molecule has 3 rings (SSSR count). The molecule has 0 radical (unpaired) electrons. The van der Waals surface area contributed by atoms with Gasteiger partial charge in [0.1, 0.15) is 6.61 Å². The van der Waals surface area contributed by atoms with Crippen LogP contribution in [0.4, 0.5) is 0 Å². The lowest BCUT2D eigenvalue weighted by molar-refractivity contribution is -0.184. The second-order valence-electron chi connectivity index (χ2n) is 6.74. The van der Waals surface area contributed by atoms with Crippen LogP contribution in [-0.2, 0) is 25.7 Å². The van der Waals surface area contributed by atoms with E-state index in [4.69, 9.17) is 9.47 Å². The van der Waals surface area contributed by atoms with E-state index in [9.17, 15) is 9.59 Å². The minimum absolute atomic E-state index is 0.200. The van der Waals surface area contributed by atoms with Crippen LogP contribution in [0, 0.1) is 10.8 Å². The van der Waals surface area contributed by atoms with Crippen LogP contribution in [0.5, 0.6) is 0 Å². The van der Waals surface area contributed by atoms with Crippen LogP contribution in [0.15, 0.2) is 30.3 Å². The van der Waals surface area contributed by atoms with Gasteiger partial charge in [0.25, 0.3) is 0 Å². The second-order valence-corrected chi connectivity index (χ2v) is 6.74. The Morgan fingerprint density at radius 2 is 1.86 bits per heavy atom. The Labute approximate surface area is 124 Å². The summed E-state index contributed by atoms with van der Waals surface area (Å²) in [7, 11) is 0. The third-order valence-electron chi connectivity index (χ3n) is 5.63. The third-order valence-corrected chi connectivity index (χ3v) is 5.63. The average molecular weight is 288 g/mol. The molecule has 1 aromatic carbocycles. The molecule has 0 aromatic heterocycles. The number of fused-ring (bicyclic) bond motifs is 2. The molecule has 1 heterocycles. The summed E-state index contributed by atoms with van der Waals surface area (Å²) in [5.41, 5.74) is -1.36. The summed E-state index contributed by atoms with van der Waals surface area (Å²) < 4.78 is 10.9. The van der Waals surface area contributed by atoms with E-state index >= 15 is 0 Å². The fourth-order valence-corrected chi connectivity index (χ4v) is 3.54. The molecule has 2 aliphatic rings. The zero-order valence-corrected chi connectivity index (χ0v) is 12.6. The van der Waals surface area contributed by atoms with Gasteiger partial charge in [-0.25, -0.2) is 4.79 Å². The largest absolute Gasteiger partial charge is 0.458 e. The predicted octanol–water partition coefficient (Wildman–Crippen LogP) is 2.85. The first kappa shape index (κ1) is 14.1. The van der Waals surface area contributed by atoms with E-state index in [0.29, 0.717) is 12.8 Å². The highest BCUT2D eigenvalue weighted by molar-refractivity contribution is 5.93. The van der Waals surface area contributed by atoms with Crippen molar-refractivity contribution in [3.05, 3.63) is 35.9 Å². The number of hydrogen-bond acceptors (Lipinski definition) is 4. The van der Waals surface area contributed by atoms with E-state index in [2.05, 4.69) is 0 Å². The van der Waals surface area contributed by atoms with E-state index < -0.39 is 22.4 Å². The fraction of sp³-hybridized carbons (Fsp3) is 0.529. The van der Waals surface area contributed by atoms with E-state index in [-0.39, 0.29) is 12.6 Å². The first-order valence-corrected chi connectivity index (χ1v) is 7.28.